The summed E-state index contributed by atoms with van der Waals surface area (Å²) in [5.74, 6) is -2.37. The number of Topliss-reactive ketones (excluding diaryl/α,β-unsaturated/α-hetero) is 3. The van der Waals surface area contributed by atoms with E-state index in [1.165, 1.54) is 45.9 Å². The molecule has 1 aliphatic carbocycles. The Hall–Kier alpha value is -2.69. The number of hydrogen-bond acceptors (Lipinski definition) is 5. The average Bonchev–Trinajstić information content (AvgIpc) is 2.52. The smallest absolute Gasteiger partial charge is 0.183 e. The Morgan fingerprint density at radius 3 is 1.96 bits per heavy atom. The topological polar surface area (TPSA) is 91.7 Å². The second-order valence-electron chi connectivity index (χ2n) is 6.89. The molecule has 0 aromatic heterocycles. The van der Waals surface area contributed by atoms with Gasteiger partial charge in [0.25, 0.3) is 0 Å². The van der Waals surface area contributed by atoms with Gasteiger partial charge in [0.2, 0.25) is 0 Å². The van der Waals surface area contributed by atoms with E-state index < -0.39 is 33.9 Å². The van der Waals surface area contributed by atoms with Gasteiger partial charge >= 0.3 is 0 Å². The van der Waals surface area contributed by atoms with Crippen LogP contribution in [0.5, 0.6) is 5.75 Å². The number of aliphatic hydroxyl groups is 1. The molecule has 1 fully saturated rings. The molecule has 0 unspecified atom stereocenters. The van der Waals surface area contributed by atoms with Crippen LogP contribution in [-0.2, 0) is 14.4 Å². The van der Waals surface area contributed by atoms with Crippen molar-refractivity contribution in [3.05, 3.63) is 47.2 Å². The lowest BCUT2D eigenvalue weighted by molar-refractivity contribution is -0.151. The number of phenols is 1. The van der Waals surface area contributed by atoms with Crippen LogP contribution in [0.4, 0.5) is 0 Å². The van der Waals surface area contributed by atoms with Crippen LogP contribution < -0.4 is 0 Å². The van der Waals surface area contributed by atoms with Crippen molar-refractivity contribution in [2.24, 2.45) is 10.8 Å². The highest BCUT2D eigenvalue weighted by atomic mass is 16.3. The number of aromatic hydroxyl groups is 1. The fourth-order valence-electron chi connectivity index (χ4n) is 2.83. The highest BCUT2D eigenvalue weighted by Crippen LogP contribution is 2.41. The molecule has 5 nitrogen and oxygen atoms in total. The number of carbonyl (C=O) groups excluding carboxylic acids is 3. The predicted molar refractivity (Wildman–Crippen MR) is 89.4 cm³/mol. The zero-order chi connectivity index (χ0) is 18.3. The molecule has 2 rings (SSSR count). The molecule has 0 radical (unpaired) electrons. The molecule has 126 valence electrons. The van der Waals surface area contributed by atoms with Gasteiger partial charge in [-0.2, -0.15) is 0 Å². The van der Waals surface area contributed by atoms with Crippen LogP contribution in [0.3, 0.4) is 0 Å². The van der Waals surface area contributed by atoms with Crippen molar-refractivity contribution < 1.29 is 24.6 Å². The van der Waals surface area contributed by atoms with Gasteiger partial charge in [0.1, 0.15) is 17.1 Å². The van der Waals surface area contributed by atoms with Gasteiger partial charge in [0.05, 0.1) is 10.8 Å². The van der Waals surface area contributed by atoms with Gasteiger partial charge in [-0.05, 0) is 45.9 Å². The summed E-state index contributed by atoms with van der Waals surface area (Å²) in [6.07, 6.45) is 2.58. The third-order valence-corrected chi connectivity index (χ3v) is 4.34. The van der Waals surface area contributed by atoms with Gasteiger partial charge in [-0.1, -0.05) is 18.2 Å². The van der Waals surface area contributed by atoms with E-state index in [9.17, 15) is 24.6 Å². The number of carbonyl (C=O) groups is 3. The molecule has 1 aromatic rings. The second-order valence-corrected chi connectivity index (χ2v) is 6.89. The van der Waals surface area contributed by atoms with Gasteiger partial charge in [-0.25, -0.2) is 0 Å². The lowest BCUT2D eigenvalue weighted by atomic mass is 9.60. The zero-order valence-corrected chi connectivity index (χ0v) is 14.1. The second kappa shape index (κ2) is 5.74. The maximum Gasteiger partial charge on any atom is 0.183 e. The molecular weight excluding hydrogens is 308 g/mol. The molecule has 5 heteroatoms. The maximum absolute atomic E-state index is 12.5. The number of allylic oxidation sites excluding steroid dienone is 2. The first kappa shape index (κ1) is 17.7. The number of hydrogen-bond donors (Lipinski definition) is 2. The van der Waals surface area contributed by atoms with E-state index in [4.69, 9.17) is 0 Å². The number of ketones is 3. The molecule has 0 bridgehead atoms. The van der Waals surface area contributed by atoms with E-state index in [1.807, 2.05) is 0 Å². The lowest BCUT2D eigenvalue weighted by Crippen LogP contribution is -2.54. The first-order valence-electron chi connectivity index (χ1n) is 7.55. The van der Waals surface area contributed by atoms with E-state index >= 15 is 0 Å². The Morgan fingerprint density at radius 2 is 1.46 bits per heavy atom. The van der Waals surface area contributed by atoms with Crippen molar-refractivity contribution in [1.82, 2.24) is 0 Å². The Morgan fingerprint density at radius 1 is 0.958 bits per heavy atom. The first-order valence-corrected chi connectivity index (χ1v) is 7.55. The summed E-state index contributed by atoms with van der Waals surface area (Å²) in [4.78, 5) is 37.4. The minimum absolute atomic E-state index is 0.00341. The van der Waals surface area contributed by atoms with Crippen molar-refractivity contribution in [3.8, 4) is 5.75 Å². The minimum atomic E-state index is -1.39. The molecular formula is C19H20O5. The van der Waals surface area contributed by atoms with Crippen molar-refractivity contribution in [2.75, 3.05) is 0 Å². The summed E-state index contributed by atoms with van der Waals surface area (Å²) in [7, 11) is 0. The fraction of sp³-hybridized carbons (Fsp3) is 0.316. The molecule has 0 spiro atoms. The molecule has 0 heterocycles. The van der Waals surface area contributed by atoms with Gasteiger partial charge in [-0.15, -0.1) is 0 Å². The highest BCUT2D eigenvalue weighted by Gasteiger charge is 2.56. The summed E-state index contributed by atoms with van der Waals surface area (Å²) in [6.45, 7) is 5.80. The van der Waals surface area contributed by atoms with Crippen molar-refractivity contribution in [3.63, 3.8) is 0 Å². The van der Waals surface area contributed by atoms with Crippen LogP contribution in [0.2, 0.25) is 0 Å². The van der Waals surface area contributed by atoms with E-state index in [2.05, 4.69) is 0 Å². The first-order chi connectivity index (χ1) is 11.0. The number of rotatable bonds is 2. The Kier molecular flexibility index (Phi) is 4.23. The standard InChI is InChI=1S/C19H20O5/c1-18(2)15(22)14(16(23)19(3,4)17(18)24)13(21)10-9-11-7-5-6-8-12(11)20/h5-10,20-21H,1-4H3. The fourth-order valence-corrected chi connectivity index (χ4v) is 2.83. The summed E-state index contributed by atoms with van der Waals surface area (Å²) in [5, 5.41) is 20.0. The molecule has 0 aliphatic heterocycles. The van der Waals surface area contributed by atoms with Crippen molar-refractivity contribution >= 4 is 23.4 Å². The number of benzene rings is 1. The molecule has 0 atom stereocenters. The van der Waals surface area contributed by atoms with E-state index in [1.54, 1.807) is 18.2 Å². The average molecular weight is 328 g/mol. The molecule has 0 amide bonds. The van der Waals surface area contributed by atoms with Crippen LogP contribution in [0.25, 0.3) is 6.08 Å². The number of phenolic OH excluding ortho intramolecular Hbond substituents is 1. The van der Waals surface area contributed by atoms with E-state index in [0.717, 1.165) is 0 Å². The van der Waals surface area contributed by atoms with E-state index in [0.29, 0.717) is 5.56 Å². The minimum Gasteiger partial charge on any atom is -0.507 e. The Labute approximate surface area is 140 Å². The molecule has 1 aliphatic rings. The summed E-state index contributed by atoms with van der Waals surface area (Å²) in [5.41, 5.74) is -2.72. The van der Waals surface area contributed by atoms with Gasteiger partial charge in [0, 0.05) is 5.56 Å². The third-order valence-electron chi connectivity index (χ3n) is 4.34. The summed E-state index contributed by atoms with van der Waals surface area (Å²) >= 11 is 0. The monoisotopic (exact) mass is 328 g/mol. The molecule has 2 N–H and O–H groups in total. The Balaban J connectivity index is 2.53. The summed E-state index contributed by atoms with van der Waals surface area (Å²) < 4.78 is 0. The third kappa shape index (κ3) is 2.66. The predicted octanol–water partition coefficient (Wildman–Crippen LogP) is 2.99. The number of para-hydroxylation sites is 1. The molecule has 1 saturated carbocycles. The van der Waals surface area contributed by atoms with Crippen molar-refractivity contribution in [2.45, 2.75) is 27.7 Å². The van der Waals surface area contributed by atoms with Crippen LogP contribution in [0.15, 0.2) is 41.7 Å². The SMILES string of the molecule is CC1(C)C(=O)C(=C(O)C=Cc2ccccc2O)C(=O)C(C)(C)C1=O. The normalized spacial score (nSPS) is 19.8. The molecule has 24 heavy (non-hydrogen) atoms. The zero-order valence-electron chi connectivity index (χ0n) is 14.1. The largest absolute Gasteiger partial charge is 0.507 e. The number of aliphatic hydroxyl groups excluding tert-OH is 1. The molecule has 0 saturated heterocycles. The lowest BCUT2D eigenvalue weighted by Gasteiger charge is -2.37. The summed E-state index contributed by atoms with van der Waals surface area (Å²) in [6, 6.07) is 6.44. The molecule has 1 aromatic carbocycles. The quantitative estimate of drug-likeness (QED) is 0.377. The van der Waals surface area contributed by atoms with Gasteiger partial charge in [-0.3, -0.25) is 14.4 Å². The van der Waals surface area contributed by atoms with E-state index in [-0.39, 0.29) is 11.3 Å². The van der Waals surface area contributed by atoms with Gasteiger partial charge < -0.3 is 10.2 Å². The van der Waals surface area contributed by atoms with Crippen molar-refractivity contribution in [1.29, 1.82) is 0 Å². The van der Waals surface area contributed by atoms with Gasteiger partial charge in [0.15, 0.2) is 17.3 Å². The Bertz CT molecular complexity index is 762. The maximum atomic E-state index is 12.5. The van der Waals surface area contributed by atoms with Crippen LogP contribution in [-0.4, -0.2) is 27.6 Å². The van der Waals surface area contributed by atoms with Crippen LogP contribution in [0.1, 0.15) is 33.3 Å². The van der Waals surface area contributed by atoms with Crippen LogP contribution in [0, 0.1) is 10.8 Å². The van der Waals surface area contributed by atoms with Crippen LogP contribution >= 0.6 is 0 Å². The highest BCUT2D eigenvalue weighted by molar-refractivity contribution is 6.38.